The van der Waals surface area contributed by atoms with Gasteiger partial charge in [0, 0.05) is 6.61 Å². The standard InChI is InChI=1S/C19H28O5S/c1-3-23-14-25(21,22)17-11-9-16(10-12-17)18(19(20)24-4-2)13-15-7-5-6-8-15/h9-12,15,18H,3-8,13-14H2,1-2H3. The molecule has 1 atom stereocenters. The van der Waals surface area contributed by atoms with Gasteiger partial charge >= 0.3 is 5.97 Å². The van der Waals surface area contributed by atoms with E-state index < -0.39 is 9.84 Å². The molecule has 1 aromatic carbocycles. The molecule has 25 heavy (non-hydrogen) atoms. The number of hydrogen-bond acceptors (Lipinski definition) is 5. The predicted octanol–water partition coefficient (Wildman–Crippen LogP) is 3.68. The molecule has 0 spiro atoms. The Hall–Kier alpha value is -1.40. The van der Waals surface area contributed by atoms with Crippen LogP contribution in [0.15, 0.2) is 29.2 Å². The zero-order valence-electron chi connectivity index (χ0n) is 15.1. The molecule has 1 unspecified atom stereocenters. The van der Waals surface area contributed by atoms with Crippen molar-refractivity contribution in [3.05, 3.63) is 29.8 Å². The first-order valence-corrected chi connectivity index (χ1v) is 10.7. The number of carbonyl (C=O) groups excluding carboxylic acids is 1. The lowest BCUT2D eigenvalue weighted by atomic mass is 9.88. The van der Waals surface area contributed by atoms with Crippen LogP contribution in [0.4, 0.5) is 0 Å². The van der Waals surface area contributed by atoms with Crippen LogP contribution in [0, 0.1) is 5.92 Å². The molecule has 1 aliphatic rings. The van der Waals surface area contributed by atoms with Gasteiger partial charge in [0.1, 0.15) is 0 Å². The second kappa shape index (κ2) is 9.34. The fraction of sp³-hybridized carbons (Fsp3) is 0.632. The van der Waals surface area contributed by atoms with E-state index in [9.17, 15) is 13.2 Å². The third-order valence-electron chi connectivity index (χ3n) is 4.70. The molecule has 1 aromatic rings. The fourth-order valence-corrected chi connectivity index (χ4v) is 4.43. The first-order chi connectivity index (χ1) is 12.0. The average Bonchev–Trinajstić information content (AvgIpc) is 3.11. The SMILES string of the molecule is CCOCS(=O)(=O)c1ccc(C(CC2CCCC2)C(=O)OCC)cc1. The van der Waals surface area contributed by atoms with Crippen LogP contribution in [0.2, 0.25) is 0 Å². The average molecular weight is 368 g/mol. The van der Waals surface area contributed by atoms with Crippen LogP contribution in [0.25, 0.3) is 0 Å². The highest BCUT2D eigenvalue weighted by Crippen LogP contribution is 2.35. The summed E-state index contributed by atoms with van der Waals surface area (Å²) < 4.78 is 34.6. The Bertz CT molecular complexity index is 645. The predicted molar refractivity (Wildman–Crippen MR) is 96.1 cm³/mol. The van der Waals surface area contributed by atoms with Gasteiger partial charge in [-0.3, -0.25) is 4.79 Å². The van der Waals surface area contributed by atoms with Crippen LogP contribution in [0.1, 0.15) is 57.4 Å². The van der Waals surface area contributed by atoms with Crippen molar-refractivity contribution in [1.29, 1.82) is 0 Å². The van der Waals surface area contributed by atoms with Gasteiger partial charge in [0.2, 0.25) is 9.84 Å². The Balaban J connectivity index is 2.17. The first kappa shape index (κ1) is 19.9. The molecule has 0 amide bonds. The van der Waals surface area contributed by atoms with Crippen molar-refractivity contribution in [3.8, 4) is 0 Å². The largest absolute Gasteiger partial charge is 0.466 e. The summed E-state index contributed by atoms with van der Waals surface area (Å²) in [6.07, 6.45) is 5.50. The lowest BCUT2D eigenvalue weighted by molar-refractivity contribution is -0.145. The van der Waals surface area contributed by atoms with Crippen molar-refractivity contribution in [2.24, 2.45) is 5.92 Å². The maximum atomic E-state index is 12.4. The molecule has 0 aliphatic heterocycles. The first-order valence-electron chi connectivity index (χ1n) is 9.05. The van der Waals surface area contributed by atoms with Gasteiger partial charge in [-0.15, -0.1) is 0 Å². The molecule has 0 bridgehead atoms. The molecular formula is C19H28O5S. The number of carbonyl (C=O) groups is 1. The van der Waals surface area contributed by atoms with E-state index in [0.717, 1.165) is 24.8 Å². The normalized spacial score (nSPS) is 16.7. The van der Waals surface area contributed by atoms with E-state index in [4.69, 9.17) is 9.47 Å². The summed E-state index contributed by atoms with van der Waals surface area (Å²) in [5.74, 6) is -0.339. The molecule has 1 aliphatic carbocycles. The smallest absolute Gasteiger partial charge is 0.313 e. The van der Waals surface area contributed by atoms with E-state index in [1.807, 2.05) is 0 Å². The topological polar surface area (TPSA) is 69.7 Å². The molecule has 1 saturated carbocycles. The summed E-state index contributed by atoms with van der Waals surface area (Å²) in [5, 5.41) is 0. The zero-order chi connectivity index (χ0) is 18.3. The lowest BCUT2D eigenvalue weighted by Crippen LogP contribution is -2.19. The second-order valence-electron chi connectivity index (χ2n) is 6.49. The molecule has 0 saturated heterocycles. The minimum Gasteiger partial charge on any atom is -0.466 e. The highest BCUT2D eigenvalue weighted by Gasteiger charge is 2.28. The van der Waals surface area contributed by atoms with Gasteiger partial charge in [0.25, 0.3) is 0 Å². The highest BCUT2D eigenvalue weighted by atomic mass is 32.2. The quantitative estimate of drug-likeness (QED) is 0.622. The Kier molecular flexibility index (Phi) is 7.44. The van der Waals surface area contributed by atoms with Gasteiger partial charge in [0.05, 0.1) is 17.4 Å². The summed E-state index contributed by atoms with van der Waals surface area (Å²) in [7, 11) is -3.46. The van der Waals surface area contributed by atoms with Gasteiger partial charge in [-0.05, 0) is 43.9 Å². The van der Waals surface area contributed by atoms with Crippen LogP contribution >= 0.6 is 0 Å². The van der Waals surface area contributed by atoms with Gasteiger partial charge in [-0.25, -0.2) is 8.42 Å². The van der Waals surface area contributed by atoms with Gasteiger partial charge in [0.15, 0.2) is 5.94 Å². The molecule has 0 heterocycles. The molecule has 5 nitrogen and oxygen atoms in total. The lowest BCUT2D eigenvalue weighted by Gasteiger charge is -2.20. The van der Waals surface area contributed by atoms with E-state index in [0.29, 0.717) is 19.1 Å². The fourth-order valence-electron chi connectivity index (χ4n) is 3.36. The highest BCUT2D eigenvalue weighted by molar-refractivity contribution is 7.91. The van der Waals surface area contributed by atoms with Gasteiger partial charge in [-0.1, -0.05) is 37.8 Å². The van der Waals surface area contributed by atoms with Crippen LogP contribution in [-0.2, 0) is 24.1 Å². The third kappa shape index (κ3) is 5.54. The second-order valence-corrected chi connectivity index (χ2v) is 8.42. The minimum atomic E-state index is -3.46. The number of ether oxygens (including phenoxy) is 2. The minimum absolute atomic E-state index is 0.216. The van der Waals surface area contributed by atoms with Gasteiger partial charge < -0.3 is 9.47 Å². The summed E-state index contributed by atoms with van der Waals surface area (Å²) in [6.45, 7) is 4.25. The number of rotatable bonds is 9. The van der Waals surface area contributed by atoms with Gasteiger partial charge in [-0.2, -0.15) is 0 Å². The number of benzene rings is 1. The Morgan fingerprint density at radius 2 is 1.76 bits per heavy atom. The van der Waals surface area contributed by atoms with E-state index in [-0.39, 0.29) is 22.7 Å². The number of esters is 1. The Labute approximate surface area is 150 Å². The van der Waals surface area contributed by atoms with Crippen molar-refractivity contribution in [1.82, 2.24) is 0 Å². The Morgan fingerprint density at radius 1 is 1.12 bits per heavy atom. The molecule has 0 N–H and O–H groups in total. The van der Waals surface area contributed by atoms with Crippen molar-refractivity contribution in [2.45, 2.75) is 56.8 Å². The van der Waals surface area contributed by atoms with E-state index in [1.54, 1.807) is 38.1 Å². The summed E-state index contributed by atoms with van der Waals surface area (Å²) in [6, 6.07) is 6.58. The molecule has 140 valence electrons. The van der Waals surface area contributed by atoms with Crippen LogP contribution in [0.5, 0.6) is 0 Å². The maximum absolute atomic E-state index is 12.4. The van der Waals surface area contributed by atoms with E-state index in [1.165, 1.54) is 12.8 Å². The maximum Gasteiger partial charge on any atom is 0.313 e. The van der Waals surface area contributed by atoms with E-state index >= 15 is 0 Å². The molecule has 6 heteroatoms. The number of sulfone groups is 1. The van der Waals surface area contributed by atoms with Crippen molar-refractivity contribution in [2.75, 3.05) is 19.2 Å². The van der Waals surface area contributed by atoms with Crippen LogP contribution in [0.3, 0.4) is 0 Å². The van der Waals surface area contributed by atoms with Crippen molar-refractivity contribution < 1.29 is 22.7 Å². The molecule has 1 fully saturated rings. The summed E-state index contributed by atoms with van der Waals surface area (Å²) in [5.41, 5.74) is 0.820. The van der Waals surface area contributed by atoms with Crippen molar-refractivity contribution >= 4 is 15.8 Å². The summed E-state index contributed by atoms with van der Waals surface area (Å²) in [4.78, 5) is 12.6. The molecule has 0 radical (unpaired) electrons. The molecular weight excluding hydrogens is 340 g/mol. The van der Waals surface area contributed by atoms with E-state index in [2.05, 4.69) is 0 Å². The summed E-state index contributed by atoms with van der Waals surface area (Å²) >= 11 is 0. The van der Waals surface area contributed by atoms with Crippen molar-refractivity contribution in [3.63, 3.8) is 0 Å². The Morgan fingerprint density at radius 3 is 2.32 bits per heavy atom. The monoisotopic (exact) mass is 368 g/mol. The molecule has 0 aromatic heterocycles. The van der Waals surface area contributed by atoms with Crippen LogP contribution in [-0.4, -0.2) is 33.5 Å². The third-order valence-corrected chi connectivity index (χ3v) is 6.17. The van der Waals surface area contributed by atoms with Crippen LogP contribution < -0.4 is 0 Å². The zero-order valence-corrected chi connectivity index (χ0v) is 15.9. The molecule has 2 rings (SSSR count). The number of hydrogen-bond donors (Lipinski definition) is 0.